The van der Waals surface area contributed by atoms with Crippen LogP contribution in [0, 0.1) is 0 Å². The number of carbonyl (C=O) groups excluding carboxylic acids is 1. The summed E-state index contributed by atoms with van der Waals surface area (Å²) < 4.78 is 1.89. The number of halogens is 2. The highest BCUT2D eigenvalue weighted by Gasteiger charge is 2.29. The fourth-order valence-electron chi connectivity index (χ4n) is 2.74. The van der Waals surface area contributed by atoms with E-state index >= 15 is 0 Å². The molecule has 1 heterocycles. The molecule has 0 atom stereocenters. The van der Waals surface area contributed by atoms with Crippen LogP contribution in [0.2, 0.25) is 0 Å². The maximum atomic E-state index is 12.8. The van der Waals surface area contributed by atoms with Gasteiger partial charge in [-0.25, -0.2) is 0 Å². The molecule has 1 amide bonds. The first-order valence-corrected chi connectivity index (χ1v) is 9.44. The van der Waals surface area contributed by atoms with Crippen LogP contribution in [0.4, 0.5) is 0 Å². The predicted molar refractivity (Wildman–Crippen MR) is 91.3 cm³/mol. The molecule has 1 aliphatic carbocycles. The number of amides is 1. The van der Waals surface area contributed by atoms with Crippen molar-refractivity contribution in [1.82, 2.24) is 4.90 Å². The smallest absolute Gasteiger partial charge is 0.256 e. The second-order valence-electron chi connectivity index (χ2n) is 5.31. The van der Waals surface area contributed by atoms with Crippen LogP contribution in [0.5, 0.6) is 0 Å². The Balaban J connectivity index is 2.15. The van der Waals surface area contributed by atoms with E-state index in [1.807, 2.05) is 11.0 Å². The number of hydrogen-bond acceptors (Lipinski definition) is 3. The van der Waals surface area contributed by atoms with Gasteiger partial charge in [0.15, 0.2) is 0 Å². The summed E-state index contributed by atoms with van der Waals surface area (Å²) >= 11 is 8.48. The molecule has 3 nitrogen and oxygen atoms in total. The SMILES string of the molecule is CCCN(C(=O)c1cc(Br)sc1Br)C1CCC(N)CC1. The van der Waals surface area contributed by atoms with Crippen molar-refractivity contribution in [2.24, 2.45) is 5.73 Å². The van der Waals surface area contributed by atoms with Gasteiger partial charge in [-0.05, 0) is 70.0 Å². The van der Waals surface area contributed by atoms with Crippen molar-refractivity contribution in [3.63, 3.8) is 0 Å². The van der Waals surface area contributed by atoms with Gasteiger partial charge in [-0.1, -0.05) is 6.92 Å². The summed E-state index contributed by atoms with van der Waals surface area (Å²) in [4.78, 5) is 14.8. The molecule has 2 rings (SSSR count). The third-order valence-corrected chi connectivity index (χ3v) is 6.13. The average molecular weight is 424 g/mol. The van der Waals surface area contributed by atoms with Crippen molar-refractivity contribution in [3.05, 3.63) is 19.2 Å². The van der Waals surface area contributed by atoms with Crippen molar-refractivity contribution in [2.75, 3.05) is 6.54 Å². The molecule has 1 saturated carbocycles. The lowest BCUT2D eigenvalue weighted by atomic mass is 9.90. The number of thiophene rings is 1. The van der Waals surface area contributed by atoms with Crippen molar-refractivity contribution in [2.45, 2.75) is 51.1 Å². The van der Waals surface area contributed by atoms with Crippen LogP contribution in [0.15, 0.2) is 13.6 Å². The topological polar surface area (TPSA) is 46.3 Å². The highest BCUT2D eigenvalue weighted by atomic mass is 79.9. The summed E-state index contributed by atoms with van der Waals surface area (Å²) in [5, 5.41) is 0. The van der Waals surface area contributed by atoms with Gasteiger partial charge >= 0.3 is 0 Å². The molecule has 0 radical (unpaired) electrons. The molecule has 0 unspecified atom stereocenters. The van der Waals surface area contributed by atoms with Gasteiger partial charge in [0, 0.05) is 18.6 Å². The van der Waals surface area contributed by atoms with Crippen LogP contribution in [0.3, 0.4) is 0 Å². The molecule has 1 fully saturated rings. The first kappa shape index (κ1) is 16.5. The molecule has 0 bridgehead atoms. The first-order chi connectivity index (χ1) is 9.52. The molecule has 1 aromatic heterocycles. The molecule has 20 heavy (non-hydrogen) atoms. The molecule has 0 aliphatic heterocycles. The molecular formula is C14H20Br2N2OS. The Bertz CT molecular complexity index is 470. The number of nitrogens with zero attached hydrogens (tertiary/aromatic N) is 1. The van der Waals surface area contributed by atoms with E-state index in [1.165, 1.54) is 0 Å². The zero-order chi connectivity index (χ0) is 14.7. The van der Waals surface area contributed by atoms with Crippen molar-refractivity contribution < 1.29 is 4.79 Å². The minimum atomic E-state index is 0.140. The number of carbonyl (C=O) groups is 1. The summed E-state index contributed by atoms with van der Waals surface area (Å²) in [6, 6.07) is 2.56. The summed E-state index contributed by atoms with van der Waals surface area (Å²) in [6.07, 6.45) is 5.07. The largest absolute Gasteiger partial charge is 0.336 e. The van der Waals surface area contributed by atoms with Gasteiger partial charge in [-0.15, -0.1) is 11.3 Å². The number of rotatable bonds is 4. The number of nitrogens with two attached hydrogens (primary N) is 1. The van der Waals surface area contributed by atoms with E-state index in [9.17, 15) is 4.79 Å². The lowest BCUT2D eigenvalue weighted by Crippen LogP contribution is -2.44. The van der Waals surface area contributed by atoms with Gasteiger partial charge in [0.1, 0.15) is 0 Å². The highest BCUT2D eigenvalue weighted by molar-refractivity contribution is 9.12. The zero-order valence-electron chi connectivity index (χ0n) is 11.6. The molecule has 1 aromatic rings. The molecule has 0 saturated heterocycles. The zero-order valence-corrected chi connectivity index (χ0v) is 15.6. The molecule has 1 aliphatic rings. The van der Waals surface area contributed by atoms with E-state index in [4.69, 9.17) is 5.73 Å². The maximum absolute atomic E-state index is 12.8. The van der Waals surface area contributed by atoms with Gasteiger partial charge < -0.3 is 10.6 Å². The molecule has 0 spiro atoms. The van der Waals surface area contributed by atoms with E-state index in [0.717, 1.165) is 51.8 Å². The predicted octanol–water partition coefficient (Wildman–Crippen LogP) is 4.40. The first-order valence-electron chi connectivity index (χ1n) is 7.04. The second-order valence-corrected chi connectivity index (χ2v) is 9.05. The normalized spacial score (nSPS) is 22.8. The molecule has 0 aromatic carbocycles. The van der Waals surface area contributed by atoms with Gasteiger partial charge in [0.25, 0.3) is 5.91 Å². The van der Waals surface area contributed by atoms with Gasteiger partial charge in [-0.2, -0.15) is 0 Å². The minimum Gasteiger partial charge on any atom is -0.336 e. The lowest BCUT2D eigenvalue weighted by molar-refractivity contribution is 0.0626. The van der Waals surface area contributed by atoms with Crippen LogP contribution in [0.25, 0.3) is 0 Å². The quantitative estimate of drug-likeness (QED) is 0.780. The van der Waals surface area contributed by atoms with Gasteiger partial charge in [-0.3, -0.25) is 4.79 Å². The molecule has 6 heteroatoms. The molecule has 112 valence electrons. The average Bonchev–Trinajstić information content (AvgIpc) is 2.75. The van der Waals surface area contributed by atoms with Crippen LogP contribution in [0.1, 0.15) is 49.4 Å². The standard InChI is InChI=1S/C14H20Br2N2OS/c1-2-7-18(10-5-3-9(17)4-6-10)14(19)11-8-12(15)20-13(11)16/h8-10H,2-7,17H2,1H3. The Morgan fingerprint density at radius 3 is 2.55 bits per heavy atom. The van der Waals surface area contributed by atoms with Crippen LogP contribution in [-0.4, -0.2) is 29.4 Å². The summed E-state index contributed by atoms with van der Waals surface area (Å²) in [6.45, 7) is 2.94. The Kier molecular flexibility index (Phi) is 6.08. The van der Waals surface area contributed by atoms with Crippen molar-refractivity contribution in [1.29, 1.82) is 0 Å². The third-order valence-electron chi connectivity index (χ3n) is 3.79. The van der Waals surface area contributed by atoms with Crippen LogP contribution >= 0.6 is 43.2 Å². The van der Waals surface area contributed by atoms with Crippen LogP contribution in [-0.2, 0) is 0 Å². The Morgan fingerprint density at radius 1 is 1.40 bits per heavy atom. The van der Waals surface area contributed by atoms with E-state index in [2.05, 4.69) is 38.8 Å². The summed E-state index contributed by atoms with van der Waals surface area (Å²) in [7, 11) is 0. The van der Waals surface area contributed by atoms with Gasteiger partial charge in [0.05, 0.1) is 13.1 Å². The summed E-state index contributed by atoms with van der Waals surface area (Å²) in [5.74, 6) is 0.140. The van der Waals surface area contributed by atoms with E-state index in [-0.39, 0.29) is 5.91 Å². The fourth-order valence-corrected chi connectivity index (χ4v) is 5.52. The molecule has 2 N–H and O–H groups in total. The Hall–Kier alpha value is 0.0900. The van der Waals surface area contributed by atoms with Crippen molar-refractivity contribution >= 4 is 49.1 Å². The number of hydrogen-bond donors (Lipinski definition) is 1. The fraction of sp³-hybridized carbons (Fsp3) is 0.643. The summed E-state index contributed by atoms with van der Waals surface area (Å²) in [5.41, 5.74) is 6.74. The maximum Gasteiger partial charge on any atom is 0.256 e. The van der Waals surface area contributed by atoms with E-state index < -0.39 is 0 Å². The van der Waals surface area contributed by atoms with Gasteiger partial charge in [0.2, 0.25) is 0 Å². The second kappa shape index (κ2) is 7.38. The lowest BCUT2D eigenvalue weighted by Gasteiger charge is -2.36. The Morgan fingerprint density at radius 2 is 2.05 bits per heavy atom. The van der Waals surface area contributed by atoms with E-state index in [0.29, 0.717) is 12.1 Å². The van der Waals surface area contributed by atoms with Crippen LogP contribution < -0.4 is 5.73 Å². The Labute approximate surface area is 141 Å². The molecular weight excluding hydrogens is 404 g/mol. The monoisotopic (exact) mass is 422 g/mol. The van der Waals surface area contributed by atoms with Crippen molar-refractivity contribution in [3.8, 4) is 0 Å². The van der Waals surface area contributed by atoms with E-state index in [1.54, 1.807) is 11.3 Å². The highest BCUT2D eigenvalue weighted by Crippen LogP contribution is 2.34. The minimum absolute atomic E-state index is 0.140. The third kappa shape index (κ3) is 3.84.